The van der Waals surface area contributed by atoms with E-state index in [0.717, 1.165) is 18.5 Å². The Morgan fingerprint density at radius 1 is 1.12 bits per heavy atom. The molecule has 1 heterocycles. The molecule has 0 radical (unpaired) electrons. The van der Waals surface area contributed by atoms with E-state index in [2.05, 4.69) is 68.3 Å². The van der Waals surface area contributed by atoms with Gasteiger partial charge in [-0.1, -0.05) is 51.5 Å². The zero-order valence-corrected chi connectivity index (χ0v) is 16.1. The van der Waals surface area contributed by atoms with Gasteiger partial charge in [0.1, 0.15) is 0 Å². The minimum Gasteiger partial charge on any atom is -0.347 e. The van der Waals surface area contributed by atoms with Crippen molar-refractivity contribution in [3.8, 4) is 0 Å². The molecule has 132 valence electrons. The second-order valence-corrected chi connectivity index (χ2v) is 7.05. The number of hydrogen-bond acceptors (Lipinski definition) is 1. The van der Waals surface area contributed by atoms with Crippen molar-refractivity contribution in [2.45, 2.75) is 59.4 Å². The summed E-state index contributed by atoms with van der Waals surface area (Å²) in [6.45, 7) is 14.3. The normalized spacial score (nSPS) is 11.5. The van der Waals surface area contributed by atoms with Crippen LogP contribution in [0.5, 0.6) is 0 Å². The summed E-state index contributed by atoms with van der Waals surface area (Å²) in [5.41, 5.74) is 5.31. The van der Waals surface area contributed by atoms with Crippen LogP contribution < -0.4 is 0 Å². The van der Waals surface area contributed by atoms with Gasteiger partial charge in [-0.3, -0.25) is 0 Å². The summed E-state index contributed by atoms with van der Waals surface area (Å²) >= 11 is 0. The van der Waals surface area contributed by atoms with Crippen molar-refractivity contribution in [1.29, 1.82) is 0 Å². The number of allylic oxidation sites excluding steroid dienone is 1. The fraction of sp³-hybridized carbons (Fsp3) is 0.545. The number of rotatable bonds is 10. The lowest BCUT2D eigenvalue weighted by Crippen LogP contribution is -2.22. The van der Waals surface area contributed by atoms with Crippen LogP contribution in [0.25, 0.3) is 16.5 Å². The first-order valence-electron chi connectivity index (χ1n) is 9.53. The van der Waals surface area contributed by atoms with Gasteiger partial charge in [0, 0.05) is 23.7 Å². The van der Waals surface area contributed by atoms with E-state index in [-0.39, 0.29) is 0 Å². The maximum atomic E-state index is 4.17. The minimum atomic E-state index is 1.08. The lowest BCUT2D eigenvalue weighted by Gasteiger charge is -2.17. The highest BCUT2D eigenvalue weighted by molar-refractivity contribution is 5.94. The summed E-state index contributed by atoms with van der Waals surface area (Å²) in [6, 6.07) is 6.68. The molecule has 0 fully saturated rings. The van der Waals surface area contributed by atoms with Crippen LogP contribution in [-0.2, 0) is 13.0 Å². The molecule has 0 amide bonds. The number of fused-ring (bicyclic) bond motifs is 1. The van der Waals surface area contributed by atoms with Gasteiger partial charge in [0.2, 0.25) is 0 Å². The third kappa shape index (κ3) is 4.51. The topological polar surface area (TPSA) is 8.17 Å². The molecule has 1 aromatic carbocycles. The number of aromatic nitrogens is 1. The van der Waals surface area contributed by atoms with E-state index in [4.69, 9.17) is 0 Å². The maximum Gasteiger partial charge on any atom is 0.0519 e. The Morgan fingerprint density at radius 3 is 2.54 bits per heavy atom. The van der Waals surface area contributed by atoms with E-state index >= 15 is 0 Å². The molecule has 0 aliphatic carbocycles. The third-order valence-corrected chi connectivity index (χ3v) is 4.90. The Labute approximate surface area is 148 Å². The predicted octanol–water partition coefficient (Wildman–Crippen LogP) is 5.75. The van der Waals surface area contributed by atoms with Crippen molar-refractivity contribution in [3.05, 3.63) is 42.1 Å². The van der Waals surface area contributed by atoms with Crippen LogP contribution in [0, 0.1) is 0 Å². The van der Waals surface area contributed by atoms with E-state index in [0.29, 0.717) is 0 Å². The molecular formula is C22H34N2. The standard InChI is InChI=1S/C22H34N2/c1-6-8-9-14-23(5)15-11-16-24-17-21(18(3)4)20-13-10-12-19(7-2)22(20)24/h10,12-13,17H,3,6-9,11,14-16H2,1-2,4-5H3. The van der Waals surface area contributed by atoms with E-state index < -0.39 is 0 Å². The number of benzene rings is 1. The molecule has 2 aromatic rings. The van der Waals surface area contributed by atoms with E-state index in [1.807, 2.05) is 0 Å². The monoisotopic (exact) mass is 326 g/mol. The number of para-hydroxylation sites is 1. The highest BCUT2D eigenvalue weighted by atomic mass is 15.1. The van der Waals surface area contributed by atoms with Crippen LogP contribution in [0.1, 0.15) is 57.6 Å². The van der Waals surface area contributed by atoms with E-state index in [1.165, 1.54) is 60.8 Å². The highest BCUT2D eigenvalue weighted by Gasteiger charge is 2.12. The molecule has 2 nitrogen and oxygen atoms in total. The minimum absolute atomic E-state index is 1.08. The average Bonchev–Trinajstić information content (AvgIpc) is 2.94. The Bertz CT molecular complexity index is 666. The molecule has 2 rings (SSSR count). The van der Waals surface area contributed by atoms with Crippen LogP contribution in [0.2, 0.25) is 0 Å². The second-order valence-electron chi connectivity index (χ2n) is 7.05. The van der Waals surface area contributed by atoms with Crippen LogP contribution >= 0.6 is 0 Å². The molecule has 0 saturated carbocycles. The molecule has 0 N–H and O–H groups in total. The molecular weight excluding hydrogens is 292 g/mol. The fourth-order valence-corrected chi connectivity index (χ4v) is 3.49. The first-order chi connectivity index (χ1) is 11.6. The van der Waals surface area contributed by atoms with Gasteiger partial charge < -0.3 is 9.47 Å². The molecule has 24 heavy (non-hydrogen) atoms. The van der Waals surface area contributed by atoms with Crippen LogP contribution in [-0.4, -0.2) is 29.6 Å². The second kappa shape index (κ2) is 9.08. The summed E-state index contributed by atoms with van der Waals surface area (Å²) in [7, 11) is 2.25. The van der Waals surface area contributed by atoms with Crippen LogP contribution in [0.3, 0.4) is 0 Å². The van der Waals surface area contributed by atoms with Gasteiger partial charge in [0.15, 0.2) is 0 Å². The van der Waals surface area contributed by atoms with Crippen LogP contribution in [0.4, 0.5) is 0 Å². The molecule has 0 spiro atoms. The van der Waals surface area contributed by atoms with Crippen molar-refractivity contribution in [2.24, 2.45) is 0 Å². The molecule has 0 aliphatic heterocycles. The van der Waals surface area contributed by atoms with Gasteiger partial charge in [0.25, 0.3) is 0 Å². The number of aryl methyl sites for hydroxylation is 2. The fourth-order valence-electron chi connectivity index (χ4n) is 3.49. The molecule has 0 unspecified atom stereocenters. The van der Waals surface area contributed by atoms with Gasteiger partial charge >= 0.3 is 0 Å². The smallest absolute Gasteiger partial charge is 0.0519 e. The zero-order chi connectivity index (χ0) is 17.5. The molecule has 0 atom stereocenters. The molecule has 2 heteroatoms. The summed E-state index contributed by atoms with van der Waals surface area (Å²) in [6.07, 6.45) is 8.54. The molecule has 1 aromatic heterocycles. The molecule has 0 saturated heterocycles. The molecule has 0 bridgehead atoms. The Balaban J connectivity index is 2.10. The van der Waals surface area contributed by atoms with Gasteiger partial charge in [0.05, 0.1) is 5.52 Å². The molecule has 0 aliphatic rings. The maximum absolute atomic E-state index is 4.17. The van der Waals surface area contributed by atoms with E-state index in [9.17, 15) is 0 Å². The van der Waals surface area contributed by atoms with E-state index in [1.54, 1.807) is 0 Å². The van der Waals surface area contributed by atoms with Gasteiger partial charge in [-0.15, -0.1) is 0 Å². The Kier molecular flexibility index (Phi) is 7.11. The van der Waals surface area contributed by atoms with Crippen molar-refractivity contribution >= 4 is 16.5 Å². The third-order valence-electron chi connectivity index (χ3n) is 4.90. The van der Waals surface area contributed by atoms with Gasteiger partial charge in [-0.2, -0.15) is 0 Å². The lowest BCUT2D eigenvalue weighted by molar-refractivity contribution is 0.314. The SMILES string of the molecule is C=C(C)c1cn(CCCN(C)CCCCC)c2c(CC)cccc12. The lowest BCUT2D eigenvalue weighted by atomic mass is 10.0. The summed E-state index contributed by atoms with van der Waals surface area (Å²) in [5.74, 6) is 0. The first-order valence-corrected chi connectivity index (χ1v) is 9.53. The zero-order valence-electron chi connectivity index (χ0n) is 16.1. The van der Waals surface area contributed by atoms with Gasteiger partial charge in [-0.05, 0) is 57.5 Å². The number of unbranched alkanes of at least 4 members (excludes halogenated alkanes) is 2. The Hall–Kier alpha value is -1.54. The van der Waals surface area contributed by atoms with Crippen molar-refractivity contribution in [1.82, 2.24) is 9.47 Å². The van der Waals surface area contributed by atoms with Crippen molar-refractivity contribution < 1.29 is 0 Å². The van der Waals surface area contributed by atoms with Crippen molar-refractivity contribution in [3.63, 3.8) is 0 Å². The predicted molar refractivity (Wildman–Crippen MR) is 108 cm³/mol. The van der Waals surface area contributed by atoms with Gasteiger partial charge in [-0.25, -0.2) is 0 Å². The quantitative estimate of drug-likeness (QED) is 0.505. The average molecular weight is 327 g/mol. The first kappa shape index (κ1) is 18.8. The summed E-state index contributed by atoms with van der Waals surface area (Å²) in [4.78, 5) is 2.47. The largest absolute Gasteiger partial charge is 0.347 e. The number of hydrogen-bond donors (Lipinski definition) is 0. The Morgan fingerprint density at radius 2 is 1.88 bits per heavy atom. The highest BCUT2D eigenvalue weighted by Crippen LogP contribution is 2.29. The number of nitrogens with zero attached hydrogens (tertiary/aromatic N) is 2. The summed E-state index contributed by atoms with van der Waals surface area (Å²) in [5, 5.41) is 1.36. The van der Waals surface area contributed by atoms with Crippen molar-refractivity contribution in [2.75, 3.05) is 20.1 Å². The van der Waals surface area contributed by atoms with Crippen LogP contribution in [0.15, 0.2) is 31.0 Å². The summed E-state index contributed by atoms with van der Waals surface area (Å²) < 4.78 is 2.46.